The van der Waals surface area contributed by atoms with Crippen molar-refractivity contribution in [2.45, 2.75) is 122 Å². The number of ether oxygens (including phenoxy) is 2. The summed E-state index contributed by atoms with van der Waals surface area (Å²) in [6, 6.07) is 3.22. The van der Waals surface area contributed by atoms with Gasteiger partial charge < -0.3 is 23.4 Å². The van der Waals surface area contributed by atoms with Crippen molar-refractivity contribution >= 4 is 38.5 Å². The first-order valence-electron chi connectivity index (χ1n) is 12.4. The third kappa shape index (κ3) is 7.20. The lowest BCUT2D eigenvalue weighted by molar-refractivity contribution is -0.154. The van der Waals surface area contributed by atoms with Crippen LogP contribution in [0.4, 0.5) is 0 Å². The van der Waals surface area contributed by atoms with Crippen molar-refractivity contribution in [3.05, 3.63) is 22.2 Å². The molecule has 1 aliphatic heterocycles. The lowest BCUT2D eigenvalue weighted by atomic mass is 9.94. The Balaban J connectivity index is 2.52. The lowest BCUT2D eigenvalue weighted by Crippen LogP contribution is -2.57. The van der Waals surface area contributed by atoms with Gasteiger partial charge in [0.1, 0.15) is 11.5 Å². The first kappa shape index (κ1) is 30.5. The minimum absolute atomic E-state index is 0.0321. The zero-order valence-electron chi connectivity index (χ0n) is 23.5. The number of hydrogen-bond donors (Lipinski definition) is 1. The SMILES string of the molecule is CC(=O)Oc1cc(Br)c(O)cc1[C@H]1C[C@@H](O[Si](C)(C)C(C)(C)C)[C@H](O[Si](C)(C)C(C)(C)C)[C@@H](C)O1. The van der Waals surface area contributed by atoms with E-state index in [1.807, 2.05) is 6.92 Å². The van der Waals surface area contributed by atoms with E-state index in [9.17, 15) is 9.90 Å². The van der Waals surface area contributed by atoms with E-state index in [1.54, 1.807) is 12.1 Å². The predicted octanol–water partition coefficient (Wildman–Crippen LogP) is 7.71. The van der Waals surface area contributed by atoms with Gasteiger partial charge in [0.25, 0.3) is 0 Å². The highest BCUT2D eigenvalue weighted by Crippen LogP contribution is 2.47. The van der Waals surface area contributed by atoms with Crippen LogP contribution in [0, 0.1) is 0 Å². The van der Waals surface area contributed by atoms with Gasteiger partial charge >= 0.3 is 5.97 Å². The largest absolute Gasteiger partial charge is 0.507 e. The fourth-order valence-electron chi connectivity index (χ4n) is 3.65. The molecule has 0 aromatic heterocycles. The van der Waals surface area contributed by atoms with E-state index < -0.39 is 28.7 Å². The maximum absolute atomic E-state index is 11.8. The van der Waals surface area contributed by atoms with Crippen molar-refractivity contribution in [3.8, 4) is 11.5 Å². The summed E-state index contributed by atoms with van der Waals surface area (Å²) in [4.78, 5) is 11.8. The molecule has 0 aliphatic carbocycles. The van der Waals surface area contributed by atoms with Gasteiger partial charge in [0.15, 0.2) is 16.6 Å². The highest BCUT2D eigenvalue weighted by molar-refractivity contribution is 9.10. The summed E-state index contributed by atoms with van der Waals surface area (Å²) in [6.45, 7) is 25.8. The molecule has 2 rings (SSSR count). The molecule has 0 spiro atoms. The van der Waals surface area contributed by atoms with Gasteiger partial charge in [-0.3, -0.25) is 4.79 Å². The molecule has 0 saturated carbocycles. The van der Waals surface area contributed by atoms with Gasteiger partial charge in [-0.05, 0) is 71.3 Å². The van der Waals surface area contributed by atoms with E-state index in [0.717, 1.165) is 0 Å². The average Bonchev–Trinajstić information content (AvgIpc) is 2.64. The number of phenolic OH excluding ortho intramolecular Hbond substituents is 1. The molecular formula is C26H45BrO6Si2. The smallest absolute Gasteiger partial charge is 0.308 e. The summed E-state index contributed by atoms with van der Waals surface area (Å²) in [5, 5.41) is 10.5. The number of benzene rings is 1. The number of halogens is 1. The second kappa shape index (κ2) is 10.6. The van der Waals surface area contributed by atoms with Crippen LogP contribution in [0.5, 0.6) is 11.5 Å². The molecule has 1 N–H and O–H groups in total. The Kier molecular flexibility index (Phi) is 9.21. The second-order valence-corrected chi connectivity index (χ2v) is 23.1. The lowest BCUT2D eigenvalue weighted by Gasteiger charge is -2.50. The maximum Gasteiger partial charge on any atom is 0.308 e. The van der Waals surface area contributed by atoms with Crippen LogP contribution in [0.3, 0.4) is 0 Å². The standard InChI is InChI=1S/C26H45BrO6Si2/c1-16-24(33-35(11,12)26(6,7)8)23(32-34(9,10)25(3,4)5)15-22(30-16)18-13-20(29)19(27)14-21(18)31-17(2)28/h13-14,16,22-24,29H,15H2,1-12H3/t16-,22-,23-,24-/m1/s1. The van der Waals surface area contributed by atoms with Crippen LogP contribution in [0.1, 0.15) is 73.5 Å². The number of carbonyl (C=O) groups is 1. The molecule has 1 aliphatic rings. The van der Waals surface area contributed by atoms with Gasteiger partial charge in [0.2, 0.25) is 0 Å². The molecule has 1 aromatic rings. The minimum atomic E-state index is -2.14. The normalized spacial score (nSPS) is 24.4. The van der Waals surface area contributed by atoms with Crippen molar-refractivity contribution in [1.29, 1.82) is 0 Å². The third-order valence-electron chi connectivity index (χ3n) is 7.82. The highest BCUT2D eigenvalue weighted by Gasteiger charge is 2.49. The Morgan fingerprint density at radius 1 is 1.03 bits per heavy atom. The number of esters is 1. The predicted molar refractivity (Wildman–Crippen MR) is 149 cm³/mol. The Hall–Kier alpha value is -0.716. The summed E-state index contributed by atoms with van der Waals surface area (Å²) in [5.74, 6) is 0.00351. The average molecular weight is 590 g/mol. The Labute approximate surface area is 222 Å². The summed E-state index contributed by atoms with van der Waals surface area (Å²) < 4.78 is 26.4. The number of carbonyl (C=O) groups excluding carboxylic acids is 1. The number of aromatic hydroxyl groups is 1. The molecular weight excluding hydrogens is 544 g/mol. The zero-order chi connectivity index (χ0) is 27.1. The van der Waals surface area contributed by atoms with Gasteiger partial charge in [-0.1, -0.05) is 41.5 Å². The van der Waals surface area contributed by atoms with Gasteiger partial charge in [-0.2, -0.15) is 0 Å². The molecule has 0 amide bonds. The number of phenols is 1. The first-order valence-corrected chi connectivity index (χ1v) is 19.0. The minimum Gasteiger partial charge on any atom is -0.507 e. The quantitative estimate of drug-likeness (QED) is 0.208. The topological polar surface area (TPSA) is 74.2 Å². The summed E-state index contributed by atoms with van der Waals surface area (Å²) in [6.07, 6.45) is -0.566. The van der Waals surface area contributed by atoms with Crippen molar-refractivity contribution in [2.75, 3.05) is 0 Å². The van der Waals surface area contributed by atoms with Crippen LogP contribution in [-0.2, 0) is 18.4 Å². The molecule has 6 nitrogen and oxygen atoms in total. The Morgan fingerprint density at radius 3 is 2.03 bits per heavy atom. The molecule has 200 valence electrons. The number of hydrogen-bond acceptors (Lipinski definition) is 6. The first-order chi connectivity index (χ1) is 15.7. The Morgan fingerprint density at radius 2 is 1.54 bits per heavy atom. The number of rotatable bonds is 6. The van der Waals surface area contributed by atoms with Crippen molar-refractivity contribution in [3.63, 3.8) is 0 Å². The van der Waals surface area contributed by atoms with Crippen LogP contribution < -0.4 is 4.74 Å². The molecule has 4 atom stereocenters. The van der Waals surface area contributed by atoms with Crippen molar-refractivity contribution in [2.24, 2.45) is 0 Å². The zero-order valence-corrected chi connectivity index (χ0v) is 27.1. The van der Waals surface area contributed by atoms with Crippen LogP contribution >= 0.6 is 15.9 Å². The fourth-order valence-corrected chi connectivity index (χ4v) is 6.69. The molecule has 9 heteroatoms. The van der Waals surface area contributed by atoms with E-state index in [1.165, 1.54) is 6.92 Å². The molecule has 0 bridgehead atoms. The maximum atomic E-state index is 11.8. The van der Waals surface area contributed by atoms with E-state index in [2.05, 4.69) is 83.7 Å². The molecule has 1 fully saturated rings. The summed E-state index contributed by atoms with van der Waals surface area (Å²) in [5.41, 5.74) is 0.627. The van der Waals surface area contributed by atoms with E-state index in [0.29, 0.717) is 22.2 Å². The summed E-state index contributed by atoms with van der Waals surface area (Å²) >= 11 is 3.32. The van der Waals surface area contributed by atoms with E-state index in [4.69, 9.17) is 18.3 Å². The van der Waals surface area contributed by atoms with E-state index in [-0.39, 0.29) is 34.1 Å². The Bertz CT molecular complexity index is 920. The molecule has 0 unspecified atom stereocenters. The van der Waals surface area contributed by atoms with Gasteiger partial charge in [-0.25, -0.2) is 0 Å². The molecule has 0 radical (unpaired) electrons. The van der Waals surface area contributed by atoms with Crippen LogP contribution in [0.25, 0.3) is 0 Å². The summed E-state index contributed by atoms with van der Waals surface area (Å²) in [7, 11) is -4.25. The van der Waals surface area contributed by atoms with Crippen LogP contribution in [0.15, 0.2) is 16.6 Å². The van der Waals surface area contributed by atoms with Gasteiger partial charge in [0, 0.05) is 18.9 Å². The molecule has 1 heterocycles. The second-order valence-electron chi connectivity index (χ2n) is 12.8. The molecule has 35 heavy (non-hydrogen) atoms. The van der Waals surface area contributed by atoms with Crippen molar-refractivity contribution < 1.29 is 28.2 Å². The fraction of sp³-hybridized carbons (Fsp3) is 0.731. The van der Waals surface area contributed by atoms with Crippen LogP contribution in [-0.4, -0.2) is 46.0 Å². The van der Waals surface area contributed by atoms with Gasteiger partial charge in [-0.15, -0.1) is 0 Å². The monoisotopic (exact) mass is 588 g/mol. The molecule has 1 saturated heterocycles. The van der Waals surface area contributed by atoms with Crippen molar-refractivity contribution in [1.82, 2.24) is 0 Å². The third-order valence-corrected chi connectivity index (χ3v) is 17.4. The van der Waals surface area contributed by atoms with Crippen LogP contribution in [0.2, 0.25) is 36.3 Å². The van der Waals surface area contributed by atoms with E-state index >= 15 is 0 Å². The molecule has 1 aromatic carbocycles. The highest BCUT2D eigenvalue weighted by atomic mass is 79.9. The van der Waals surface area contributed by atoms with Gasteiger partial charge in [0.05, 0.1) is 28.9 Å².